The van der Waals surface area contributed by atoms with Crippen LogP contribution >= 0.6 is 23.2 Å². The van der Waals surface area contributed by atoms with E-state index in [0.29, 0.717) is 16.5 Å². The first-order chi connectivity index (χ1) is 10.8. The molecular weight excluding hydrogens is 355 g/mol. The van der Waals surface area contributed by atoms with Crippen molar-refractivity contribution in [2.24, 2.45) is 0 Å². The Kier molecular flexibility index (Phi) is 6.09. The third kappa shape index (κ3) is 5.21. The van der Waals surface area contributed by atoms with E-state index in [1.165, 1.54) is 0 Å². The van der Waals surface area contributed by atoms with Crippen molar-refractivity contribution < 1.29 is 12.6 Å². The van der Waals surface area contributed by atoms with Gasteiger partial charge in [-0.15, -0.1) is 0 Å². The third-order valence-electron chi connectivity index (χ3n) is 3.62. The van der Waals surface area contributed by atoms with Gasteiger partial charge in [-0.3, -0.25) is 4.18 Å². The Labute approximate surface area is 147 Å². The van der Waals surface area contributed by atoms with Crippen LogP contribution in [0.4, 0.5) is 0 Å². The maximum Gasteiger partial charge on any atom is 0.264 e. The van der Waals surface area contributed by atoms with E-state index in [2.05, 4.69) is 0 Å². The Balaban J connectivity index is 2.36. The molecule has 2 rings (SSSR count). The summed E-state index contributed by atoms with van der Waals surface area (Å²) < 4.78 is 27.8. The van der Waals surface area contributed by atoms with Crippen LogP contribution in [0, 0.1) is 6.92 Å². The lowest BCUT2D eigenvalue weighted by Crippen LogP contribution is -2.16. The van der Waals surface area contributed by atoms with Crippen LogP contribution in [0.25, 0.3) is 0 Å². The molecule has 0 aromatic heterocycles. The van der Waals surface area contributed by atoms with Crippen molar-refractivity contribution >= 4 is 33.3 Å². The quantitative estimate of drug-likeness (QED) is 0.695. The minimum Gasteiger partial charge on any atom is -0.270 e. The smallest absolute Gasteiger partial charge is 0.264 e. The van der Waals surface area contributed by atoms with Crippen LogP contribution in [0.2, 0.25) is 10.0 Å². The highest BCUT2D eigenvalue weighted by Gasteiger charge is 2.20. The molecule has 3 nitrogen and oxygen atoms in total. The molecular formula is C17H18Cl2O3S. The number of hydrogen-bond donors (Lipinski definition) is 0. The Hall–Kier alpha value is -1.07. The van der Waals surface area contributed by atoms with Crippen molar-refractivity contribution in [3.63, 3.8) is 0 Å². The molecule has 2 aromatic carbocycles. The van der Waals surface area contributed by atoms with Gasteiger partial charge in [0.1, 0.15) is 0 Å². The van der Waals surface area contributed by atoms with E-state index in [4.69, 9.17) is 27.4 Å². The molecule has 0 unspecified atom stereocenters. The molecule has 124 valence electrons. The molecule has 0 aliphatic heterocycles. The lowest BCUT2D eigenvalue weighted by Gasteiger charge is -2.20. The number of halogens is 2. The van der Waals surface area contributed by atoms with Gasteiger partial charge >= 0.3 is 0 Å². The van der Waals surface area contributed by atoms with Crippen LogP contribution in [-0.2, 0) is 20.7 Å². The van der Waals surface area contributed by atoms with E-state index < -0.39 is 10.1 Å². The zero-order valence-electron chi connectivity index (χ0n) is 12.9. The van der Waals surface area contributed by atoms with E-state index in [-0.39, 0.29) is 12.5 Å². The molecule has 23 heavy (non-hydrogen) atoms. The van der Waals surface area contributed by atoms with Gasteiger partial charge in [0.25, 0.3) is 10.1 Å². The van der Waals surface area contributed by atoms with Gasteiger partial charge in [-0.2, -0.15) is 8.42 Å². The molecule has 0 bridgehead atoms. The molecule has 0 saturated heterocycles. The summed E-state index contributed by atoms with van der Waals surface area (Å²) in [7, 11) is -3.52. The lowest BCUT2D eigenvalue weighted by atomic mass is 9.90. The van der Waals surface area contributed by atoms with Gasteiger partial charge < -0.3 is 0 Å². The fraction of sp³-hybridized carbons (Fsp3) is 0.294. The SMILES string of the molecule is Cc1ccccc1[C@@H](COS(C)(=O)=O)Cc1c(Cl)cccc1Cl. The van der Waals surface area contributed by atoms with Crippen molar-refractivity contribution in [2.75, 3.05) is 12.9 Å². The summed E-state index contributed by atoms with van der Waals surface area (Å²) in [5.74, 6) is -0.164. The van der Waals surface area contributed by atoms with Gasteiger partial charge in [-0.1, -0.05) is 53.5 Å². The molecule has 0 radical (unpaired) electrons. The van der Waals surface area contributed by atoms with Gasteiger partial charge in [0, 0.05) is 16.0 Å². The number of hydrogen-bond acceptors (Lipinski definition) is 3. The van der Waals surface area contributed by atoms with E-state index in [1.807, 2.05) is 31.2 Å². The predicted octanol–water partition coefficient (Wildman–Crippen LogP) is 4.60. The molecule has 0 N–H and O–H groups in total. The van der Waals surface area contributed by atoms with E-state index in [1.54, 1.807) is 18.2 Å². The highest BCUT2D eigenvalue weighted by Crippen LogP contribution is 2.32. The summed E-state index contributed by atoms with van der Waals surface area (Å²) in [5.41, 5.74) is 2.88. The van der Waals surface area contributed by atoms with Gasteiger partial charge in [0.2, 0.25) is 0 Å². The fourth-order valence-corrected chi connectivity index (χ4v) is 3.45. The van der Waals surface area contributed by atoms with Gasteiger partial charge in [-0.25, -0.2) is 0 Å². The van der Waals surface area contributed by atoms with Crippen LogP contribution in [0.15, 0.2) is 42.5 Å². The molecule has 1 atom stereocenters. The number of benzene rings is 2. The van der Waals surface area contributed by atoms with Gasteiger partial charge in [0.05, 0.1) is 12.9 Å². The van der Waals surface area contributed by atoms with E-state index in [0.717, 1.165) is 22.9 Å². The summed E-state index contributed by atoms with van der Waals surface area (Å²) in [5, 5.41) is 1.13. The number of rotatable bonds is 6. The van der Waals surface area contributed by atoms with Crippen molar-refractivity contribution in [3.8, 4) is 0 Å². The molecule has 0 aliphatic carbocycles. The zero-order valence-corrected chi connectivity index (χ0v) is 15.3. The summed E-state index contributed by atoms with van der Waals surface area (Å²) in [6.45, 7) is 2.03. The van der Waals surface area contributed by atoms with Crippen LogP contribution in [0.3, 0.4) is 0 Å². The van der Waals surface area contributed by atoms with Crippen LogP contribution in [-0.4, -0.2) is 21.3 Å². The standard InChI is InChI=1S/C17H18Cl2O3S/c1-12-6-3-4-7-14(12)13(11-22-23(2,20)21)10-15-16(18)8-5-9-17(15)19/h3-9,13H,10-11H2,1-2H3/t13-/m1/s1. The molecule has 0 aliphatic rings. The predicted molar refractivity (Wildman–Crippen MR) is 94.9 cm³/mol. The molecule has 0 fully saturated rings. The van der Waals surface area contributed by atoms with E-state index in [9.17, 15) is 8.42 Å². The van der Waals surface area contributed by atoms with Crippen molar-refractivity contribution in [3.05, 3.63) is 69.2 Å². The monoisotopic (exact) mass is 372 g/mol. The second-order valence-electron chi connectivity index (χ2n) is 5.45. The third-order valence-corrected chi connectivity index (χ3v) is 4.90. The molecule has 0 heterocycles. The van der Waals surface area contributed by atoms with Gasteiger partial charge in [-0.05, 0) is 42.2 Å². The summed E-state index contributed by atoms with van der Waals surface area (Å²) in [6, 6.07) is 13.1. The van der Waals surface area contributed by atoms with Crippen molar-refractivity contribution in [2.45, 2.75) is 19.3 Å². The highest BCUT2D eigenvalue weighted by molar-refractivity contribution is 7.85. The lowest BCUT2D eigenvalue weighted by molar-refractivity contribution is 0.293. The largest absolute Gasteiger partial charge is 0.270 e. The maximum absolute atomic E-state index is 11.4. The molecule has 0 amide bonds. The van der Waals surface area contributed by atoms with Crippen molar-refractivity contribution in [1.82, 2.24) is 0 Å². The second-order valence-corrected chi connectivity index (χ2v) is 7.90. The first-order valence-electron chi connectivity index (χ1n) is 7.10. The molecule has 0 saturated carbocycles. The average molecular weight is 373 g/mol. The van der Waals surface area contributed by atoms with Crippen LogP contribution in [0.1, 0.15) is 22.6 Å². The summed E-state index contributed by atoms with van der Waals surface area (Å²) in [6.07, 6.45) is 1.54. The Morgan fingerprint density at radius 2 is 1.65 bits per heavy atom. The maximum atomic E-state index is 11.4. The topological polar surface area (TPSA) is 43.4 Å². The number of aryl methyl sites for hydroxylation is 1. The summed E-state index contributed by atoms with van der Waals surface area (Å²) >= 11 is 12.5. The van der Waals surface area contributed by atoms with Crippen LogP contribution < -0.4 is 0 Å². The van der Waals surface area contributed by atoms with Crippen LogP contribution in [0.5, 0.6) is 0 Å². The fourth-order valence-electron chi connectivity index (χ4n) is 2.48. The molecule has 2 aromatic rings. The highest BCUT2D eigenvalue weighted by atomic mass is 35.5. The first kappa shape index (κ1) is 18.3. The van der Waals surface area contributed by atoms with E-state index >= 15 is 0 Å². The molecule has 6 heteroatoms. The average Bonchev–Trinajstić information content (AvgIpc) is 2.46. The Morgan fingerprint density at radius 3 is 2.22 bits per heavy atom. The summed E-state index contributed by atoms with van der Waals surface area (Å²) in [4.78, 5) is 0. The first-order valence-corrected chi connectivity index (χ1v) is 9.68. The normalized spacial score (nSPS) is 13.0. The Morgan fingerprint density at radius 1 is 1.04 bits per heavy atom. The molecule has 0 spiro atoms. The van der Waals surface area contributed by atoms with Gasteiger partial charge in [0.15, 0.2) is 0 Å². The second kappa shape index (κ2) is 7.67. The minimum absolute atomic E-state index is 0.0469. The van der Waals surface area contributed by atoms with Crippen molar-refractivity contribution in [1.29, 1.82) is 0 Å². The Bertz CT molecular complexity index is 768. The minimum atomic E-state index is -3.52. The zero-order chi connectivity index (χ0) is 17.0.